The summed E-state index contributed by atoms with van der Waals surface area (Å²) in [7, 11) is 0. The standard InChI is InChI=1S/C20H22N4O2/c25-18(14-16-4-1-2-10-22-16)23-11-6-20(7-12-23)8-13-24(19(20)26)17-5-3-9-21-15-17/h1-5,9-10,15H,6-8,11-14H2. The summed E-state index contributed by atoms with van der Waals surface area (Å²) in [4.78, 5) is 37.6. The molecule has 2 amide bonds. The normalized spacial score (nSPS) is 19.2. The van der Waals surface area contributed by atoms with E-state index in [2.05, 4.69) is 9.97 Å². The molecule has 2 fully saturated rings. The van der Waals surface area contributed by atoms with Gasteiger partial charge in [-0.1, -0.05) is 6.07 Å². The first-order chi connectivity index (χ1) is 12.7. The van der Waals surface area contributed by atoms with Crippen LogP contribution in [-0.4, -0.2) is 46.3 Å². The molecule has 0 radical (unpaired) electrons. The Hall–Kier alpha value is -2.76. The molecule has 26 heavy (non-hydrogen) atoms. The van der Waals surface area contributed by atoms with Gasteiger partial charge in [0.15, 0.2) is 0 Å². The van der Waals surface area contributed by atoms with Gasteiger partial charge in [-0.2, -0.15) is 0 Å². The highest BCUT2D eigenvalue weighted by molar-refractivity contribution is 6.00. The molecule has 2 aromatic rings. The summed E-state index contributed by atoms with van der Waals surface area (Å²) in [5, 5.41) is 0. The van der Waals surface area contributed by atoms with Gasteiger partial charge in [-0.3, -0.25) is 19.6 Å². The van der Waals surface area contributed by atoms with Crippen molar-refractivity contribution in [3.63, 3.8) is 0 Å². The first-order valence-corrected chi connectivity index (χ1v) is 9.08. The number of likely N-dealkylation sites (tertiary alicyclic amines) is 1. The summed E-state index contributed by atoms with van der Waals surface area (Å²) >= 11 is 0. The highest BCUT2D eigenvalue weighted by atomic mass is 16.2. The molecule has 2 aromatic heterocycles. The van der Waals surface area contributed by atoms with Crippen molar-refractivity contribution >= 4 is 17.5 Å². The third-order valence-electron chi connectivity index (χ3n) is 5.60. The zero-order chi connectivity index (χ0) is 18.0. The number of rotatable bonds is 3. The monoisotopic (exact) mass is 350 g/mol. The molecular formula is C20H22N4O2. The minimum Gasteiger partial charge on any atom is -0.342 e. The predicted molar refractivity (Wildman–Crippen MR) is 97.4 cm³/mol. The van der Waals surface area contributed by atoms with Crippen LogP contribution >= 0.6 is 0 Å². The third-order valence-corrected chi connectivity index (χ3v) is 5.60. The zero-order valence-corrected chi connectivity index (χ0v) is 14.7. The quantitative estimate of drug-likeness (QED) is 0.850. The summed E-state index contributed by atoms with van der Waals surface area (Å²) < 4.78 is 0. The van der Waals surface area contributed by atoms with Gasteiger partial charge >= 0.3 is 0 Å². The van der Waals surface area contributed by atoms with E-state index in [0.29, 0.717) is 19.5 Å². The van der Waals surface area contributed by atoms with Gasteiger partial charge < -0.3 is 9.80 Å². The molecule has 4 heterocycles. The fourth-order valence-electron chi connectivity index (χ4n) is 4.00. The van der Waals surface area contributed by atoms with Crippen molar-refractivity contribution in [3.8, 4) is 0 Å². The first kappa shape index (κ1) is 16.7. The Bertz CT molecular complexity index is 786. The number of amides is 2. The van der Waals surface area contributed by atoms with Gasteiger partial charge in [0, 0.05) is 37.7 Å². The highest BCUT2D eigenvalue weighted by Gasteiger charge is 2.48. The average Bonchev–Trinajstić information content (AvgIpc) is 3.00. The zero-order valence-electron chi connectivity index (χ0n) is 14.7. The molecule has 0 N–H and O–H groups in total. The maximum absolute atomic E-state index is 13.0. The van der Waals surface area contributed by atoms with Crippen molar-refractivity contribution in [2.45, 2.75) is 25.7 Å². The predicted octanol–water partition coefficient (Wildman–Crippen LogP) is 2.06. The van der Waals surface area contributed by atoms with Gasteiger partial charge in [0.25, 0.3) is 0 Å². The molecule has 2 saturated heterocycles. The first-order valence-electron chi connectivity index (χ1n) is 9.08. The second-order valence-corrected chi connectivity index (χ2v) is 7.08. The van der Waals surface area contributed by atoms with Crippen LogP contribution in [0.2, 0.25) is 0 Å². The molecule has 4 rings (SSSR count). The van der Waals surface area contributed by atoms with E-state index in [1.54, 1.807) is 18.6 Å². The number of hydrogen-bond donors (Lipinski definition) is 0. The molecule has 134 valence electrons. The lowest BCUT2D eigenvalue weighted by atomic mass is 9.77. The Balaban J connectivity index is 1.39. The number of carbonyl (C=O) groups is 2. The SMILES string of the molecule is O=C(Cc1ccccn1)N1CCC2(CC1)CCN(c1cccnc1)C2=O. The Morgan fingerprint density at radius 2 is 1.85 bits per heavy atom. The smallest absolute Gasteiger partial charge is 0.233 e. The van der Waals surface area contributed by atoms with Crippen LogP contribution in [-0.2, 0) is 16.0 Å². The van der Waals surface area contributed by atoms with Crippen molar-refractivity contribution in [1.82, 2.24) is 14.9 Å². The highest BCUT2D eigenvalue weighted by Crippen LogP contribution is 2.43. The van der Waals surface area contributed by atoms with Gasteiger partial charge in [-0.15, -0.1) is 0 Å². The Kier molecular flexibility index (Phi) is 4.41. The number of hydrogen-bond acceptors (Lipinski definition) is 4. The summed E-state index contributed by atoms with van der Waals surface area (Å²) in [6.45, 7) is 2.00. The molecule has 0 bridgehead atoms. The van der Waals surface area contributed by atoms with Gasteiger partial charge in [-0.05, 0) is 43.5 Å². The third kappa shape index (κ3) is 3.07. The van der Waals surface area contributed by atoms with Crippen LogP contribution in [0, 0.1) is 5.41 Å². The number of anilines is 1. The topological polar surface area (TPSA) is 66.4 Å². The molecule has 0 aromatic carbocycles. The van der Waals surface area contributed by atoms with E-state index in [1.165, 1.54) is 0 Å². The lowest BCUT2D eigenvalue weighted by Crippen LogP contribution is -2.47. The van der Waals surface area contributed by atoms with E-state index in [-0.39, 0.29) is 17.2 Å². The fourth-order valence-corrected chi connectivity index (χ4v) is 4.00. The second-order valence-electron chi connectivity index (χ2n) is 7.08. The number of pyridine rings is 2. The van der Waals surface area contributed by atoms with Gasteiger partial charge in [0.1, 0.15) is 0 Å². The van der Waals surface area contributed by atoms with E-state index in [0.717, 1.165) is 37.2 Å². The number of aromatic nitrogens is 2. The molecule has 6 heteroatoms. The number of piperidine rings is 1. The molecule has 0 aliphatic carbocycles. The van der Waals surface area contributed by atoms with E-state index in [4.69, 9.17) is 0 Å². The maximum Gasteiger partial charge on any atom is 0.233 e. The summed E-state index contributed by atoms with van der Waals surface area (Å²) in [5.41, 5.74) is 1.33. The van der Waals surface area contributed by atoms with Crippen molar-refractivity contribution in [3.05, 3.63) is 54.6 Å². The molecule has 0 saturated carbocycles. The van der Waals surface area contributed by atoms with Crippen LogP contribution in [0.1, 0.15) is 25.0 Å². The maximum atomic E-state index is 13.0. The van der Waals surface area contributed by atoms with Crippen LogP contribution in [0.3, 0.4) is 0 Å². The van der Waals surface area contributed by atoms with E-state index in [1.807, 2.05) is 40.1 Å². The molecular weight excluding hydrogens is 328 g/mol. The van der Waals surface area contributed by atoms with Crippen LogP contribution in [0.25, 0.3) is 0 Å². The van der Waals surface area contributed by atoms with Gasteiger partial charge in [0.2, 0.25) is 11.8 Å². The van der Waals surface area contributed by atoms with Crippen molar-refractivity contribution in [2.75, 3.05) is 24.5 Å². The van der Waals surface area contributed by atoms with Crippen molar-refractivity contribution < 1.29 is 9.59 Å². The van der Waals surface area contributed by atoms with Gasteiger partial charge in [-0.25, -0.2) is 0 Å². The van der Waals surface area contributed by atoms with Crippen LogP contribution in [0.15, 0.2) is 48.9 Å². The van der Waals surface area contributed by atoms with E-state index < -0.39 is 0 Å². The Morgan fingerprint density at radius 3 is 2.54 bits per heavy atom. The molecule has 0 unspecified atom stereocenters. The largest absolute Gasteiger partial charge is 0.342 e. The minimum absolute atomic E-state index is 0.0908. The fraction of sp³-hybridized carbons (Fsp3) is 0.400. The second kappa shape index (κ2) is 6.86. The van der Waals surface area contributed by atoms with Crippen LogP contribution in [0.4, 0.5) is 5.69 Å². The van der Waals surface area contributed by atoms with Crippen LogP contribution in [0.5, 0.6) is 0 Å². The van der Waals surface area contributed by atoms with E-state index in [9.17, 15) is 9.59 Å². The van der Waals surface area contributed by atoms with E-state index >= 15 is 0 Å². The number of carbonyl (C=O) groups excluding carboxylic acids is 2. The molecule has 2 aliphatic rings. The lowest BCUT2D eigenvalue weighted by molar-refractivity contribution is -0.137. The molecule has 0 atom stereocenters. The van der Waals surface area contributed by atoms with Crippen molar-refractivity contribution in [2.24, 2.45) is 5.41 Å². The number of nitrogens with zero attached hydrogens (tertiary/aromatic N) is 4. The summed E-state index contributed by atoms with van der Waals surface area (Å²) in [5.74, 6) is 0.274. The molecule has 6 nitrogen and oxygen atoms in total. The van der Waals surface area contributed by atoms with Gasteiger partial charge in [0.05, 0.1) is 23.7 Å². The molecule has 2 aliphatic heterocycles. The lowest BCUT2D eigenvalue weighted by Gasteiger charge is -2.38. The Morgan fingerprint density at radius 1 is 1.04 bits per heavy atom. The van der Waals surface area contributed by atoms with Crippen LogP contribution < -0.4 is 4.90 Å². The minimum atomic E-state index is -0.322. The Labute approximate surface area is 152 Å². The molecule has 1 spiro atoms. The summed E-state index contributed by atoms with van der Waals surface area (Å²) in [6, 6.07) is 9.39. The van der Waals surface area contributed by atoms with Crippen molar-refractivity contribution in [1.29, 1.82) is 0 Å². The average molecular weight is 350 g/mol. The summed E-state index contributed by atoms with van der Waals surface area (Å²) in [6.07, 6.45) is 7.80.